The molecular weight excluding hydrogens is 272 g/mol. The lowest BCUT2D eigenvalue weighted by atomic mass is 9.47. The van der Waals surface area contributed by atoms with Crippen molar-refractivity contribution in [3.8, 4) is 0 Å². The van der Waals surface area contributed by atoms with Gasteiger partial charge in [-0.15, -0.1) is 0 Å². The smallest absolute Gasteiger partial charge is 0.243 e. The van der Waals surface area contributed by atoms with Gasteiger partial charge in [0.1, 0.15) is 5.54 Å². The Morgan fingerprint density at radius 3 is 2.81 bits per heavy atom. The summed E-state index contributed by atoms with van der Waals surface area (Å²) in [4.78, 5) is 14.8. The van der Waals surface area contributed by atoms with E-state index in [1.54, 1.807) is 4.90 Å². The molecule has 3 N–H and O–H groups in total. The molecule has 0 aromatic carbocycles. The Bertz CT molecular complexity index is 441. The van der Waals surface area contributed by atoms with Gasteiger partial charge in [0.05, 0.1) is 24.9 Å². The molecule has 6 nitrogen and oxygen atoms in total. The second kappa shape index (κ2) is 4.91. The van der Waals surface area contributed by atoms with Crippen molar-refractivity contribution < 1.29 is 19.4 Å². The van der Waals surface area contributed by atoms with Gasteiger partial charge in [-0.2, -0.15) is 0 Å². The number of amides is 1. The summed E-state index contributed by atoms with van der Waals surface area (Å²) in [5.41, 5.74) is 5.37. The topological polar surface area (TPSA) is 85.0 Å². The summed E-state index contributed by atoms with van der Waals surface area (Å²) in [7, 11) is 0. The van der Waals surface area contributed by atoms with E-state index in [9.17, 15) is 9.90 Å². The third-order valence-electron chi connectivity index (χ3n) is 5.63. The fourth-order valence-corrected chi connectivity index (χ4v) is 4.39. The van der Waals surface area contributed by atoms with Crippen LogP contribution < -0.4 is 5.73 Å². The van der Waals surface area contributed by atoms with Crippen LogP contribution in [0.25, 0.3) is 0 Å². The molecule has 1 aliphatic carbocycles. The molecule has 5 atom stereocenters. The Morgan fingerprint density at radius 1 is 1.43 bits per heavy atom. The number of rotatable bonds is 2. The molecule has 0 bridgehead atoms. The predicted octanol–water partition coefficient (Wildman–Crippen LogP) is -0.263. The van der Waals surface area contributed by atoms with Crippen LogP contribution in [0.5, 0.6) is 0 Å². The maximum Gasteiger partial charge on any atom is 0.243 e. The molecule has 0 aromatic heterocycles. The summed E-state index contributed by atoms with van der Waals surface area (Å²) >= 11 is 0. The van der Waals surface area contributed by atoms with Crippen molar-refractivity contribution in [3.63, 3.8) is 0 Å². The molecule has 3 aliphatic rings. The van der Waals surface area contributed by atoms with E-state index in [0.717, 1.165) is 6.42 Å². The Labute approximate surface area is 125 Å². The van der Waals surface area contributed by atoms with E-state index in [-0.39, 0.29) is 42.2 Å². The summed E-state index contributed by atoms with van der Waals surface area (Å²) in [6.07, 6.45) is 0.528. The van der Waals surface area contributed by atoms with E-state index in [1.165, 1.54) is 0 Å². The van der Waals surface area contributed by atoms with E-state index in [1.807, 2.05) is 20.8 Å². The van der Waals surface area contributed by atoms with Crippen LogP contribution in [-0.2, 0) is 14.3 Å². The third-order valence-corrected chi connectivity index (χ3v) is 5.63. The maximum absolute atomic E-state index is 13.1. The van der Waals surface area contributed by atoms with Gasteiger partial charge in [0, 0.05) is 31.0 Å². The summed E-state index contributed by atoms with van der Waals surface area (Å²) < 4.78 is 11.4. The number of aliphatic hydroxyl groups excluding tert-OH is 1. The Kier molecular flexibility index (Phi) is 3.56. The molecule has 0 spiro atoms. The monoisotopic (exact) mass is 298 g/mol. The fourth-order valence-electron chi connectivity index (χ4n) is 4.39. The lowest BCUT2D eigenvalue weighted by Crippen LogP contribution is -2.81. The number of fused-ring (bicyclic) bond motifs is 1. The van der Waals surface area contributed by atoms with Gasteiger partial charge in [-0.25, -0.2) is 0 Å². The fraction of sp³-hybridized carbons (Fsp3) is 0.933. The van der Waals surface area contributed by atoms with Gasteiger partial charge in [-0.05, 0) is 13.3 Å². The second-order valence-corrected chi connectivity index (χ2v) is 7.24. The van der Waals surface area contributed by atoms with E-state index in [4.69, 9.17) is 15.2 Å². The number of nitrogens with zero attached hydrogens (tertiary/aromatic N) is 1. The molecule has 2 saturated heterocycles. The Morgan fingerprint density at radius 2 is 2.14 bits per heavy atom. The molecule has 2 aliphatic heterocycles. The van der Waals surface area contributed by atoms with Crippen LogP contribution in [0.4, 0.5) is 0 Å². The highest BCUT2D eigenvalue weighted by Gasteiger charge is 2.72. The minimum atomic E-state index is -0.870. The molecule has 120 valence electrons. The van der Waals surface area contributed by atoms with Crippen LogP contribution in [0.15, 0.2) is 0 Å². The van der Waals surface area contributed by atoms with E-state index < -0.39 is 5.54 Å². The zero-order valence-electron chi connectivity index (χ0n) is 13.0. The molecule has 3 fully saturated rings. The van der Waals surface area contributed by atoms with Crippen LogP contribution in [0.1, 0.15) is 27.2 Å². The number of carbonyl (C=O) groups excluding carboxylic acids is 1. The third kappa shape index (κ3) is 1.96. The van der Waals surface area contributed by atoms with Gasteiger partial charge in [-0.1, -0.05) is 13.8 Å². The summed E-state index contributed by atoms with van der Waals surface area (Å²) in [6.45, 7) is 7.50. The van der Waals surface area contributed by atoms with Crippen molar-refractivity contribution in [2.45, 2.75) is 51.0 Å². The van der Waals surface area contributed by atoms with Crippen molar-refractivity contribution >= 4 is 5.91 Å². The average molecular weight is 298 g/mol. The van der Waals surface area contributed by atoms with Gasteiger partial charge in [0.25, 0.3) is 0 Å². The largest absolute Gasteiger partial charge is 0.394 e. The number of nitrogens with two attached hydrogens (primary N) is 1. The van der Waals surface area contributed by atoms with Gasteiger partial charge >= 0.3 is 0 Å². The first kappa shape index (κ1) is 15.2. The molecule has 0 aromatic rings. The number of hydrogen-bond donors (Lipinski definition) is 2. The zero-order valence-corrected chi connectivity index (χ0v) is 13.0. The molecule has 21 heavy (non-hydrogen) atoms. The molecule has 1 saturated carbocycles. The summed E-state index contributed by atoms with van der Waals surface area (Å²) in [5.74, 6) is 0.0820. The van der Waals surface area contributed by atoms with Crippen LogP contribution in [0.3, 0.4) is 0 Å². The van der Waals surface area contributed by atoms with Gasteiger partial charge in [0.2, 0.25) is 5.91 Å². The van der Waals surface area contributed by atoms with E-state index in [0.29, 0.717) is 19.7 Å². The molecule has 1 amide bonds. The maximum atomic E-state index is 13.1. The van der Waals surface area contributed by atoms with Crippen LogP contribution in [0, 0.1) is 11.3 Å². The highest BCUT2D eigenvalue weighted by Crippen LogP contribution is 2.58. The molecular formula is C15H26N2O4. The molecule has 2 heterocycles. The first-order chi connectivity index (χ1) is 9.82. The highest BCUT2D eigenvalue weighted by molar-refractivity contribution is 5.89. The predicted molar refractivity (Wildman–Crippen MR) is 76.5 cm³/mol. The molecule has 0 radical (unpaired) electrons. The normalized spacial score (nSPS) is 45.1. The number of ether oxygens (including phenoxy) is 2. The molecule has 6 heteroatoms. The average Bonchev–Trinajstić information content (AvgIpc) is 2.93. The number of aliphatic hydroxyl groups is 1. The number of morpholine rings is 1. The van der Waals surface area contributed by atoms with Crippen LogP contribution >= 0.6 is 0 Å². The van der Waals surface area contributed by atoms with Gasteiger partial charge < -0.3 is 25.2 Å². The molecule has 5 unspecified atom stereocenters. The number of carbonyl (C=O) groups is 1. The standard InChI is InChI=1S/C15H26N2O4/c1-9-6-17(7-10(8-18)21-9)13(19)15(16)11-4-5-20-12(11)14(15,2)3/h9-12,18H,4-8,16H2,1-3H3. The summed E-state index contributed by atoms with van der Waals surface area (Å²) in [6, 6.07) is 0. The van der Waals surface area contributed by atoms with Crippen molar-refractivity contribution in [2.75, 3.05) is 26.3 Å². The zero-order chi connectivity index (χ0) is 15.4. The van der Waals surface area contributed by atoms with Crippen LogP contribution in [0.2, 0.25) is 0 Å². The SMILES string of the molecule is CC1CN(C(=O)C2(N)C3CCOC3C2(C)C)CC(CO)O1. The lowest BCUT2D eigenvalue weighted by molar-refractivity contribution is -0.192. The molecule has 3 rings (SSSR count). The lowest BCUT2D eigenvalue weighted by Gasteiger charge is -2.62. The summed E-state index contributed by atoms with van der Waals surface area (Å²) in [5, 5.41) is 9.32. The first-order valence-corrected chi connectivity index (χ1v) is 7.78. The number of hydrogen-bond acceptors (Lipinski definition) is 5. The van der Waals surface area contributed by atoms with Gasteiger partial charge in [-0.3, -0.25) is 4.79 Å². The quantitative estimate of drug-likeness (QED) is 0.733. The minimum Gasteiger partial charge on any atom is -0.394 e. The van der Waals surface area contributed by atoms with Crippen LogP contribution in [-0.4, -0.2) is 66.1 Å². The van der Waals surface area contributed by atoms with E-state index >= 15 is 0 Å². The van der Waals surface area contributed by atoms with E-state index in [2.05, 4.69) is 0 Å². The Balaban J connectivity index is 1.81. The Hall–Kier alpha value is -0.690. The van der Waals surface area contributed by atoms with Gasteiger partial charge in [0.15, 0.2) is 0 Å². The van der Waals surface area contributed by atoms with Crippen molar-refractivity contribution in [1.82, 2.24) is 4.90 Å². The first-order valence-electron chi connectivity index (χ1n) is 7.78. The minimum absolute atomic E-state index is 0.0205. The second-order valence-electron chi connectivity index (χ2n) is 7.24. The van der Waals surface area contributed by atoms with Crippen molar-refractivity contribution in [3.05, 3.63) is 0 Å². The highest BCUT2D eigenvalue weighted by atomic mass is 16.5. The van der Waals surface area contributed by atoms with Crippen molar-refractivity contribution in [1.29, 1.82) is 0 Å². The van der Waals surface area contributed by atoms with Crippen molar-refractivity contribution in [2.24, 2.45) is 17.1 Å².